The molecule has 1 amide bonds. The van der Waals surface area contributed by atoms with E-state index in [0.717, 1.165) is 48.6 Å². The zero-order valence-corrected chi connectivity index (χ0v) is 20.6. The zero-order valence-electron chi connectivity index (χ0n) is 19.8. The molecule has 1 fully saturated rings. The lowest BCUT2D eigenvalue weighted by atomic mass is 10.1. The maximum atomic E-state index is 12.6. The fourth-order valence-electron chi connectivity index (χ4n) is 4.51. The molecule has 4 rings (SSSR count). The van der Waals surface area contributed by atoms with Crippen molar-refractivity contribution in [2.75, 3.05) is 18.0 Å². The van der Waals surface area contributed by atoms with Crippen LogP contribution < -0.4 is 10.2 Å². The van der Waals surface area contributed by atoms with E-state index < -0.39 is 5.91 Å². The molecule has 8 nitrogen and oxygen atoms in total. The van der Waals surface area contributed by atoms with Gasteiger partial charge in [0.1, 0.15) is 17.3 Å². The van der Waals surface area contributed by atoms with Gasteiger partial charge in [-0.3, -0.25) is 14.9 Å². The van der Waals surface area contributed by atoms with Crippen LogP contribution in [0.4, 0.5) is 11.4 Å². The fraction of sp³-hybridized carbons (Fsp3) is 0.308. The quantitative estimate of drug-likeness (QED) is 0.210. The smallest absolute Gasteiger partial charge is 0.294 e. The molecule has 1 aliphatic rings. The molecule has 0 bridgehead atoms. The maximum absolute atomic E-state index is 12.6. The second-order valence-corrected chi connectivity index (χ2v) is 9.60. The highest BCUT2D eigenvalue weighted by Crippen LogP contribution is 2.34. The van der Waals surface area contributed by atoms with Gasteiger partial charge in [-0.05, 0) is 74.4 Å². The van der Waals surface area contributed by atoms with Crippen molar-refractivity contribution in [3.05, 3.63) is 79.3 Å². The van der Waals surface area contributed by atoms with Crippen LogP contribution in [-0.2, 0) is 11.3 Å². The first-order chi connectivity index (χ1) is 16.9. The van der Waals surface area contributed by atoms with Crippen molar-refractivity contribution in [3.8, 4) is 11.8 Å². The van der Waals surface area contributed by atoms with E-state index in [1.54, 1.807) is 12.1 Å². The van der Waals surface area contributed by atoms with E-state index in [2.05, 4.69) is 10.2 Å². The minimum Gasteiger partial charge on any atom is -0.366 e. The van der Waals surface area contributed by atoms with Crippen molar-refractivity contribution in [2.45, 2.75) is 39.7 Å². The molecule has 0 saturated carbocycles. The van der Waals surface area contributed by atoms with E-state index in [4.69, 9.17) is 0 Å². The number of nitriles is 1. The summed E-state index contributed by atoms with van der Waals surface area (Å²) in [6.45, 7) is 5.78. The third-order valence-corrected chi connectivity index (χ3v) is 7.13. The Labute approximate surface area is 208 Å². The molecule has 180 valence electrons. The average Bonchev–Trinajstić information content (AvgIpc) is 3.48. The lowest BCUT2D eigenvalue weighted by molar-refractivity contribution is -0.384. The number of carbonyl (C=O) groups is 1. The van der Waals surface area contributed by atoms with Crippen molar-refractivity contribution in [2.24, 2.45) is 0 Å². The third kappa shape index (κ3) is 5.28. The summed E-state index contributed by atoms with van der Waals surface area (Å²) >= 11 is 1.54. The Bertz CT molecular complexity index is 1310. The normalized spacial score (nSPS) is 14.0. The Morgan fingerprint density at radius 3 is 2.66 bits per heavy atom. The standard InChI is InChI=1S/C26H27N5O3S/c1-18-13-20(14-21(16-27)26(32)28-17-23-7-6-12-35-23)19(2)30(18)22-8-9-24(25(15-22)31(33)34)29-10-4-3-5-11-29/h6-9,12-15H,3-5,10-11,17H2,1-2H3,(H,28,32)/b21-14-. The molecule has 0 aliphatic carbocycles. The van der Waals surface area contributed by atoms with Crippen LogP contribution in [0.1, 0.15) is 41.1 Å². The van der Waals surface area contributed by atoms with Crippen molar-refractivity contribution in [1.82, 2.24) is 9.88 Å². The molecule has 0 radical (unpaired) electrons. The van der Waals surface area contributed by atoms with Gasteiger partial charge in [0.05, 0.1) is 17.2 Å². The van der Waals surface area contributed by atoms with Crippen LogP contribution in [0.5, 0.6) is 0 Å². The van der Waals surface area contributed by atoms with Gasteiger partial charge in [-0.1, -0.05) is 6.07 Å². The average molecular weight is 490 g/mol. The van der Waals surface area contributed by atoms with Gasteiger partial charge in [-0.15, -0.1) is 11.3 Å². The number of nitro groups is 1. The molecule has 1 N–H and O–H groups in total. The molecular formula is C26H27N5O3S. The van der Waals surface area contributed by atoms with Gasteiger partial charge in [-0.2, -0.15) is 5.26 Å². The van der Waals surface area contributed by atoms with Crippen LogP contribution in [0.25, 0.3) is 11.8 Å². The summed E-state index contributed by atoms with van der Waals surface area (Å²) in [4.78, 5) is 27.2. The molecule has 9 heteroatoms. The number of rotatable bonds is 7. The molecule has 3 heterocycles. The topological polar surface area (TPSA) is 104 Å². The highest BCUT2D eigenvalue weighted by Gasteiger charge is 2.23. The van der Waals surface area contributed by atoms with Gasteiger partial charge >= 0.3 is 0 Å². The first kappa shape index (κ1) is 24.2. The van der Waals surface area contributed by atoms with Crippen LogP contribution in [-0.4, -0.2) is 28.5 Å². The number of carbonyl (C=O) groups excluding carboxylic acids is 1. The molecule has 0 atom stereocenters. The van der Waals surface area contributed by atoms with Gasteiger partial charge in [0.2, 0.25) is 0 Å². The van der Waals surface area contributed by atoms with E-state index in [-0.39, 0.29) is 16.2 Å². The second-order valence-electron chi connectivity index (χ2n) is 8.57. The summed E-state index contributed by atoms with van der Waals surface area (Å²) in [5.41, 5.74) is 3.77. The lowest BCUT2D eigenvalue weighted by Crippen LogP contribution is -2.30. The number of nitrogens with zero attached hydrogens (tertiary/aromatic N) is 4. The number of amides is 1. The van der Waals surface area contributed by atoms with Gasteiger partial charge < -0.3 is 14.8 Å². The summed E-state index contributed by atoms with van der Waals surface area (Å²) in [5.74, 6) is -0.438. The number of aromatic nitrogens is 1. The van der Waals surface area contributed by atoms with Crippen LogP contribution >= 0.6 is 11.3 Å². The number of anilines is 1. The van der Waals surface area contributed by atoms with Gasteiger partial charge in [-0.25, -0.2) is 0 Å². The number of aryl methyl sites for hydroxylation is 1. The molecular weight excluding hydrogens is 462 g/mol. The number of piperidine rings is 1. The number of nitrogens with one attached hydrogen (secondary N) is 1. The summed E-state index contributed by atoms with van der Waals surface area (Å²) in [5, 5.41) is 26.2. The Morgan fingerprint density at radius 2 is 2.00 bits per heavy atom. The van der Waals surface area contributed by atoms with E-state index >= 15 is 0 Å². The predicted molar refractivity (Wildman–Crippen MR) is 138 cm³/mol. The SMILES string of the molecule is Cc1cc(/C=C(/C#N)C(=O)NCc2cccs2)c(C)n1-c1ccc(N2CCCCC2)c([N+](=O)[O-])c1. The van der Waals surface area contributed by atoms with E-state index in [1.165, 1.54) is 11.3 Å². The minimum absolute atomic E-state index is 0.00762. The number of thiophene rings is 1. The van der Waals surface area contributed by atoms with Gasteiger partial charge in [0.25, 0.3) is 11.6 Å². The molecule has 35 heavy (non-hydrogen) atoms. The monoisotopic (exact) mass is 489 g/mol. The molecule has 2 aromatic heterocycles. The van der Waals surface area contributed by atoms with E-state index in [1.807, 2.05) is 60.2 Å². The lowest BCUT2D eigenvalue weighted by Gasteiger charge is -2.28. The second kappa shape index (κ2) is 10.6. The minimum atomic E-state index is -0.438. The van der Waals surface area contributed by atoms with Crippen molar-refractivity contribution in [3.63, 3.8) is 0 Å². The predicted octanol–water partition coefficient (Wildman–Crippen LogP) is 5.28. The van der Waals surface area contributed by atoms with E-state index in [9.17, 15) is 20.2 Å². The summed E-state index contributed by atoms with van der Waals surface area (Å²) < 4.78 is 1.91. The summed E-state index contributed by atoms with van der Waals surface area (Å²) in [6.07, 6.45) is 4.79. The summed E-state index contributed by atoms with van der Waals surface area (Å²) in [6, 6.07) is 13.0. The first-order valence-electron chi connectivity index (χ1n) is 11.5. The Morgan fingerprint density at radius 1 is 1.23 bits per heavy atom. The molecule has 1 aromatic carbocycles. The fourth-order valence-corrected chi connectivity index (χ4v) is 5.15. The highest BCUT2D eigenvalue weighted by molar-refractivity contribution is 7.09. The largest absolute Gasteiger partial charge is 0.366 e. The molecule has 1 aliphatic heterocycles. The van der Waals surface area contributed by atoms with Crippen LogP contribution in [0.3, 0.4) is 0 Å². The van der Waals surface area contributed by atoms with Crippen molar-refractivity contribution >= 4 is 34.7 Å². The summed E-state index contributed by atoms with van der Waals surface area (Å²) in [7, 11) is 0. The van der Waals surface area contributed by atoms with Crippen molar-refractivity contribution < 1.29 is 9.72 Å². The van der Waals surface area contributed by atoms with Crippen LogP contribution in [0.2, 0.25) is 0 Å². The Hall–Kier alpha value is -3.90. The number of nitro benzene ring substituents is 1. The van der Waals surface area contributed by atoms with Crippen LogP contribution in [0.15, 0.2) is 47.4 Å². The number of hydrogen-bond donors (Lipinski definition) is 1. The highest BCUT2D eigenvalue weighted by atomic mass is 32.1. The Balaban J connectivity index is 1.63. The molecule has 3 aromatic rings. The van der Waals surface area contributed by atoms with Crippen LogP contribution in [0, 0.1) is 35.3 Å². The Kier molecular flexibility index (Phi) is 7.32. The van der Waals surface area contributed by atoms with Gasteiger partial charge in [0.15, 0.2) is 0 Å². The van der Waals surface area contributed by atoms with E-state index in [0.29, 0.717) is 23.5 Å². The van der Waals surface area contributed by atoms with Gasteiger partial charge in [0, 0.05) is 35.4 Å². The molecule has 1 saturated heterocycles. The maximum Gasteiger partial charge on any atom is 0.294 e. The first-order valence-corrected chi connectivity index (χ1v) is 12.4. The third-order valence-electron chi connectivity index (χ3n) is 6.25. The molecule has 0 spiro atoms. The van der Waals surface area contributed by atoms with Crippen molar-refractivity contribution in [1.29, 1.82) is 5.26 Å². The number of benzene rings is 1. The number of hydrogen-bond acceptors (Lipinski definition) is 6. The molecule has 0 unspecified atom stereocenters. The zero-order chi connectivity index (χ0) is 24.9.